The third-order valence-electron chi connectivity index (χ3n) is 2.92. The molecule has 0 atom stereocenters. The summed E-state index contributed by atoms with van der Waals surface area (Å²) in [5.74, 6) is 0. The summed E-state index contributed by atoms with van der Waals surface area (Å²) in [4.78, 5) is 4.44. The molecule has 1 aromatic heterocycles. The normalized spacial score (nSPS) is 11.8. The number of aromatic nitrogens is 1. The van der Waals surface area contributed by atoms with Gasteiger partial charge in [-0.1, -0.05) is 11.6 Å². The number of aryl methyl sites for hydroxylation is 2. The van der Waals surface area contributed by atoms with Crippen LogP contribution in [0.2, 0.25) is 5.02 Å². The van der Waals surface area contributed by atoms with E-state index < -0.39 is 10.0 Å². The Morgan fingerprint density at radius 2 is 2.10 bits per heavy atom. The zero-order valence-corrected chi connectivity index (χ0v) is 14.1. The third kappa shape index (κ3) is 3.94. The lowest BCUT2D eigenvalue weighted by Crippen LogP contribution is -2.26. The summed E-state index contributed by atoms with van der Waals surface area (Å²) < 4.78 is 27.1. The monoisotopic (exact) mass is 345 g/mol. The molecule has 0 saturated heterocycles. The maximum absolute atomic E-state index is 12.3. The largest absolute Gasteiger partial charge is 0.397 e. The van der Waals surface area contributed by atoms with Crippen LogP contribution in [0.25, 0.3) is 0 Å². The fourth-order valence-corrected chi connectivity index (χ4v) is 4.03. The first-order valence-corrected chi connectivity index (χ1v) is 9.00. The molecule has 0 bridgehead atoms. The number of rotatable bonds is 5. The van der Waals surface area contributed by atoms with Crippen molar-refractivity contribution in [3.05, 3.63) is 38.8 Å². The number of halogens is 1. The molecule has 0 unspecified atom stereocenters. The summed E-state index contributed by atoms with van der Waals surface area (Å²) in [5, 5.41) is 3.24. The Kier molecular flexibility index (Phi) is 4.88. The highest BCUT2D eigenvalue weighted by Gasteiger charge is 2.18. The average Bonchev–Trinajstić information content (AvgIpc) is 2.79. The van der Waals surface area contributed by atoms with Crippen LogP contribution in [0.15, 0.2) is 22.4 Å². The number of benzene rings is 1. The standard InChI is InChI=1S/C13H16ClN3O2S2/c1-8-5-11(14)12(15)6-13(8)21(18,19)16-4-3-10-7-20-9(2)17-10/h5-7,16H,3-4,15H2,1-2H3. The van der Waals surface area contributed by atoms with Gasteiger partial charge in [0.25, 0.3) is 0 Å². The molecule has 2 aromatic rings. The van der Waals surface area contributed by atoms with Gasteiger partial charge in [0.2, 0.25) is 10.0 Å². The van der Waals surface area contributed by atoms with E-state index >= 15 is 0 Å². The molecule has 8 heteroatoms. The van der Waals surface area contributed by atoms with Gasteiger partial charge in [0.05, 0.1) is 26.3 Å². The lowest BCUT2D eigenvalue weighted by atomic mass is 10.2. The highest BCUT2D eigenvalue weighted by Crippen LogP contribution is 2.26. The van der Waals surface area contributed by atoms with Gasteiger partial charge in [-0.05, 0) is 31.5 Å². The van der Waals surface area contributed by atoms with Gasteiger partial charge in [-0.2, -0.15) is 0 Å². The first-order valence-electron chi connectivity index (χ1n) is 6.26. The molecule has 1 aromatic carbocycles. The SMILES string of the molecule is Cc1nc(CCNS(=O)(=O)c2cc(N)c(Cl)cc2C)cs1. The Morgan fingerprint density at radius 1 is 1.38 bits per heavy atom. The fourth-order valence-electron chi connectivity index (χ4n) is 1.87. The van der Waals surface area contributed by atoms with Gasteiger partial charge >= 0.3 is 0 Å². The second-order valence-electron chi connectivity index (χ2n) is 4.64. The summed E-state index contributed by atoms with van der Waals surface area (Å²) in [6.45, 7) is 3.88. The summed E-state index contributed by atoms with van der Waals surface area (Å²) in [6.07, 6.45) is 0.547. The van der Waals surface area contributed by atoms with Crippen molar-refractivity contribution in [1.29, 1.82) is 0 Å². The second-order valence-corrected chi connectivity index (χ2v) is 7.85. The van der Waals surface area contributed by atoms with Crippen LogP contribution in [0.5, 0.6) is 0 Å². The lowest BCUT2D eigenvalue weighted by Gasteiger charge is -2.10. The van der Waals surface area contributed by atoms with Crippen molar-refractivity contribution < 1.29 is 8.42 Å². The summed E-state index contributed by atoms with van der Waals surface area (Å²) >= 11 is 7.42. The molecule has 114 valence electrons. The Hall–Kier alpha value is -1.15. The minimum absolute atomic E-state index is 0.152. The summed E-state index contributed by atoms with van der Waals surface area (Å²) in [6, 6.07) is 2.93. The van der Waals surface area contributed by atoms with Gasteiger partial charge in [-0.3, -0.25) is 0 Å². The minimum atomic E-state index is -3.61. The van der Waals surface area contributed by atoms with Gasteiger partial charge in [0, 0.05) is 18.3 Å². The van der Waals surface area contributed by atoms with Crippen LogP contribution in [-0.4, -0.2) is 19.9 Å². The lowest BCUT2D eigenvalue weighted by molar-refractivity contribution is 0.581. The number of hydrogen-bond acceptors (Lipinski definition) is 5. The molecule has 0 amide bonds. The third-order valence-corrected chi connectivity index (χ3v) is 5.68. The molecule has 3 N–H and O–H groups in total. The molecular formula is C13H16ClN3O2S2. The Morgan fingerprint density at radius 3 is 2.71 bits per heavy atom. The summed E-state index contributed by atoms with van der Waals surface area (Å²) in [5.41, 5.74) is 7.37. The predicted octanol–water partition coefficient (Wildman–Crippen LogP) is 2.52. The molecule has 0 radical (unpaired) electrons. The van der Waals surface area contributed by atoms with Crippen molar-refractivity contribution in [3.63, 3.8) is 0 Å². The van der Waals surface area contributed by atoms with Crippen LogP contribution < -0.4 is 10.5 Å². The minimum Gasteiger partial charge on any atom is -0.397 e. The zero-order chi connectivity index (χ0) is 15.6. The van der Waals surface area contributed by atoms with E-state index in [1.807, 2.05) is 12.3 Å². The van der Waals surface area contributed by atoms with E-state index in [1.54, 1.807) is 24.3 Å². The molecule has 0 spiro atoms. The number of nitrogens with two attached hydrogens (primary N) is 1. The molecule has 0 aliphatic rings. The van der Waals surface area contributed by atoms with Crippen LogP contribution in [0.3, 0.4) is 0 Å². The van der Waals surface area contributed by atoms with E-state index in [9.17, 15) is 8.42 Å². The average molecular weight is 346 g/mol. The Labute approximate surface area is 133 Å². The van der Waals surface area contributed by atoms with Crippen LogP contribution in [0.4, 0.5) is 5.69 Å². The smallest absolute Gasteiger partial charge is 0.240 e. The molecule has 0 saturated carbocycles. The molecule has 5 nitrogen and oxygen atoms in total. The van der Waals surface area contributed by atoms with Gasteiger partial charge in [-0.15, -0.1) is 11.3 Å². The van der Waals surface area contributed by atoms with E-state index in [0.29, 0.717) is 17.0 Å². The van der Waals surface area contributed by atoms with E-state index in [1.165, 1.54) is 6.07 Å². The first kappa shape index (κ1) is 16.2. The van der Waals surface area contributed by atoms with Crippen LogP contribution in [0.1, 0.15) is 16.3 Å². The Bertz CT molecular complexity index is 757. The second kappa shape index (κ2) is 6.31. The van der Waals surface area contributed by atoms with E-state index in [-0.39, 0.29) is 17.1 Å². The summed E-state index contributed by atoms with van der Waals surface area (Å²) in [7, 11) is -3.61. The van der Waals surface area contributed by atoms with E-state index in [2.05, 4.69) is 9.71 Å². The van der Waals surface area contributed by atoms with Crippen molar-refractivity contribution in [1.82, 2.24) is 9.71 Å². The zero-order valence-electron chi connectivity index (χ0n) is 11.7. The number of sulfonamides is 1. The van der Waals surface area contributed by atoms with Crippen molar-refractivity contribution >= 4 is 38.6 Å². The molecular weight excluding hydrogens is 330 g/mol. The van der Waals surface area contributed by atoms with Crippen LogP contribution in [0, 0.1) is 13.8 Å². The van der Waals surface area contributed by atoms with E-state index in [0.717, 1.165) is 10.7 Å². The van der Waals surface area contributed by atoms with Gasteiger partial charge in [0.1, 0.15) is 0 Å². The molecule has 0 aliphatic carbocycles. The topological polar surface area (TPSA) is 85.1 Å². The van der Waals surface area contributed by atoms with Crippen molar-refractivity contribution in [3.8, 4) is 0 Å². The molecule has 0 fully saturated rings. The number of nitrogens with zero attached hydrogens (tertiary/aromatic N) is 1. The molecule has 21 heavy (non-hydrogen) atoms. The quantitative estimate of drug-likeness (QED) is 0.815. The van der Waals surface area contributed by atoms with Crippen LogP contribution >= 0.6 is 22.9 Å². The Balaban J connectivity index is 2.10. The van der Waals surface area contributed by atoms with Crippen molar-refractivity contribution in [2.45, 2.75) is 25.2 Å². The maximum atomic E-state index is 12.3. The highest BCUT2D eigenvalue weighted by molar-refractivity contribution is 7.89. The molecule has 1 heterocycles. The fraction of sp³-hybridized carbons (Fsp3) is 0.308. The number of nitrogen functional groups attached to an aromatic ring is 1. The number of hydrogen-bond donors (Lipinski definition) is 2. The number of nitrogens with one attached hydrogen (secondary N) is 1. The molecule has 2 rings (SSSR count). The first-order chi connectivity index (χ1) is 9.79. The van der Waals surface area contributed by atoms with Gasteiger partial charge < -0.3 is 5.73 Å². The number of thiazole rings is 1. The highest BCUT2D eigenvalue weighted by atomic mass is 35.5. The van der Waals surface area contributed by atoms with Crippen molar-refractivity contribution in [2.75, 3.05) is 12.3 Å². The predicted molar refractivity (Wildman–Crippen MR) is 86.3 cm³/mol. The maximum Gasteiger partial charge on any atom is 0.240 e. The molecule has 0 aliphatic heterocycles. The van der Waals surface area contributed by atoms with Gasteiger partial charge in [0.15, 0.2) is 0 Å². The number of anilines is 1. The van der Waals surface area contributed by atoms with E-state index in [4.69, 9.17) is 17.3 Å². The van der Waals surface area contributed by atoms with Crippen LogP contribution in [-0.2, 0) is 16.4 Å². The van der Waals surface area contributed by atoms with Crippen molar-refractivity contribution in [2.24, 2.45) is 0 Å². The van der Waals surface area contributed by atoms with Gasteiger partial charge in [-0.25, -0.2) is 18.1 Å².